The van der Waals surface area contributed by atoms with Gasteiger partial charge in [0.25, 0.3) is 11.7 Å². The van der Waals surface area contributed by atoms with Gasteiger partial charge in [0, 0.05) is 31.0 Å². The van der Waals surface area contributed by atoms with Crippen LogP contribution in [0.25, 0.3) is 5.76 Å². The van der Waals surface area contributed by atoms with E-state index in [1.807, 2.05) is 6.07 Å². The molecule has 1 atom stereocenters. The lowest BCUT2D eigenvalue weighted by Crippen LogP contribution is -2.38. The van der Waals surface area contributed by atoms with Crippen molar-refractivity contribution in [2.45, 2.75) is 46.1 Å². The number of unbranched alkanes of at least 4 members (excludes halogenated alkanes) is 2. The summed E-state index contributed by atoms with van der Waals surface area (Å²) in [4.78, 5) is 34.1. The number of aromatic nitrogens is 1. The molecule has 1 aromatic carbocycles. The summed E-state index contributed by atoms with van der Waals surface area (Å²) in [6, 6.07) is 7.90. The Balaban J connectivity index is 2.04. The number of carbonyl (C=O) groups is 2. The molecule has 0 radical (unpaired) electrons. The van der Waals surface area contributed by atoms with Crippen molar-refractivity contribution in [3.8, 4) is 11.5 Å². The Labute approximate surface area is 213 Å². The van der Waals surface area contributed by atoms with Crippen molar-refractivity contribution in [3.05, 3.63) is 59.4 Å². The number of hydrogen-bond acceptors (Lipinski definition) is 7. The molecule has 2 heterocycles. The maximum atomic E-state index is 13.2. The Morgan fingerprint density at radius 1 is 1.06 bits per heavy atom. The van der Waals surface area contributed by atoms with E-state index < -0.39 is 17.7 Å². The van der Waals surface area contributed by atoms with Crippen molar-refractivity contribution >= 4 is 17.4 Å². The number of benzene rings is 1. The van der Waals surface area contributed by atoms with Crippen LogP contribution in [0.1, 0.15) is 57.2 Å². The molecular weight excluding hydrogens is 458 g/mol. The number of nitrogens with zero attached hydrogens (tertiary/aromatic N) is 3. The number of hydrogen-bond donors (Lipinski definition) is 1. The van der Waals surface area contributed by atoms with Crippen LogP contribution in [0.2, 0.25) is 0 Å². The molecule has 2 aromatic rings. The summed E-state index contributed by atoms with van der Waals surface area (Å²) in [7, 11) is 1.56. The summed E-state index contributed by atoms with van der Waals surface area (Å²) in [5.74, 6) is -0.423. The quantitative estimate of drug-likeness (QED) is 0.190. The van der Waals surface area contributed by atoms with Crippen molar-refractivity contribution < 1.29 is 24.2 Å². The molecule has 1 aliphatic rings. The van der Waals surface area contributed by atoms with E-state index in [2.05, 4.69) is 30.7 Å². The molecule has 8 heteroatoms. The Morgan fingerprint density at radius 2 is 1.78 bits per heavy atom. The molecule has 0 bridgehead atoms. The zero-order valence-electron chi connectivity index (χ0n) is 21.7. The number of amides is 1. The summed E-state index contributed by atoms with van der Waals surface area (Å²) in [5, 5.41) is 11.2. The van der Waals surface area contributed by atoms with Gasteiger partial charge in [0.2, 0.25) is 0 Å². The normalized spacial score (nSPS) is 17.1. The smallest absolute Gasteiger partial charge is 0.295 e. The minimum Gasteiger partial charge on any atom is -0.507 e. The number of aliphatic hydroxyl groups is 1. The number of pyridine rings is 1. The molecular formula is C28H37N3O5. The molecule has 1 unspecified atom stereocenters. The lowest BCUT2D eigenvalue weighted by atomic mass is 9.95. The van der Waals surface area contributed by atoms with Gasteiger partial charge in [0.15, 0.2) is 11.5 Å². The minimum absolute atomic E-state index is 0.0596. The molecule has 0 aliphatic carbocycles. The third-order valence-electron chi connectivity index (χ3n) is 6.55. The first-order chi connectivity index (χ1) is 17.5. The molecule has 8 nitrogen and oxygen atoms in total. The van der Waals surface area contributed by atoms with Gasteiger partial charge in [-0.1, -0.05) is 39.7 Å². The van der Waals surface area contributed by atoms with E-state index in [-0.39, 0.29) is 11.3 Å². The van der Waals surface area contributed by atoms with Gasteiger partial charge in [0.05, 0.1) is 25.3 Å². The van der Waals surface area contributed by atoms with Crippen LogP contribution < -0.4 is 9.47 Å². The van der Waals surface area contributed by atoms with Crippen molar-refractivity contribution in [2.75, 3.05) is 39.9 Å². The van der Waals surface area contributed by atoms with Crippen LogP contribution in [-0.2, 0) is 9.59 Å². The second-order valence-corrected chi connectivity index (χ2v) is 8.72. The Bertz CT molecular complexity index is 1070. The van der Waals surface area contributed by atoms with Gasteiger partial charge >= 0.3 is 0 Å². The Kier molecular flexibility index (Phi) is 9.87. The van der Waals surface area contributed by atoms with E-state index in [0.717, 1.165) is 32.4 Å². The zero-order chi connectivity index (χ0) is 26.1. The molecule has 36 heavy (non-hydrogen) atoms. The summed E-state index contributed by atoms with van der Waals surface area (Å²) in [6.45, 7) is 9.46. The number of likely N-dealkylation sites (N-methyl/N-ethyl adjacent to an activating group) is 1. The first-order valence-corrected chi connectivity index (χ1v) is 12.7. The summed E-state index contributed by atoms with van der Waals surface area (Å²) < 4.78 is 11.5. The molecule has 3 rings (SSSR count). The van der Waals surface area contributed by atoms with Crippen LogP contribution in [-0.4, -0.2) is 71.5 Å². The third-order valence-corrected chi connectivity index (χ3v) is 6.55. The van der Waals surface area contributed by atoms with E-state index in [9.17, 15) is 14.7 Å². The fourth-order valence-corrected chi connectivity index (χ4v) is 4.42. The van der Waals surface area contributed by atoms with E-state index in [1.54, 1.807) is 36.3 Å². The fraction of sp³-hybridized carbons (Fsp3) is 0.464. The topological polar surface area (TPSA) is 92.2 Å². The number of methoxy groups -OCH3 is 1. The lowest BCUT2D eigenvalue weighted by Gasteiger charge is -2.28. The number of rotatable bonds is 13. The van der Waals surface area contributed by atoms with Crippen LogP contribution in [0.3, 0.4) is 0 Å². The fourth-order valence-electron chi connectivity index (χ4n) is 4.42. The number of ketones is 1. The SMILES string of the molecule is CCCCCOc1ccc(C2C(=C(O)c3ccncc3)C(=O)C(=O)N2CCN(CC)CC)cc1OC. The van der Waals surface area contributed by atoms with E-state index in [4.69, 9.17) is 9.47 Å². The number of aliphatic hydroxyl groups excluding tert-OH is 1. The predicted molar refractivity (Wildman–Crippen MR) is 139 cm³/mol. The molecule has 194 valence electrons. The maximum absolute atomic E-state index is 13.2. The molecule has 1 saturated heterocycles. The van der Waals surface area contributed by atoms with Crippen LogP contribution in [0.15, 0.2) is 48.3 Å². The summed E-state index contributed by atoms with van der Waals surface area (Å²) in [6.07, 6.45) is 6.19. The number of carbonyl (C=O) groups excluding carboxylic acids is 2. The van der Waals surface area contributed by atoms with E-state index in [1.165, 1.54) is 12.4 Å². The maximum Gasteiger partial charge on any atom is 0.295 e. The molecule has 1 aromatic heterocycles. The van der Waals surface area contributed by atoms with E-state index in [0.29, 0.717) is 42.3 Å². The second-order valence-electron chi connectivity index (χ2n) is 8.72. The van der Waals surface area contributed by atoms with Crippen molar-refractivity contribution in [1.29, 1.82) is 0 Å². The highest BCUT2D eigenvalue weighted by atomic mass is 16.5. The molecule has 1 N–H and O–H groups in total. The molecule has 1 aliphatic heterocycles. The van der Waals surface area contributed by atoms with E-state index >= 15 is 0 Å². The highest BCUT2D eigenvalue weighted by Crippen LogP contribution is 2.41. The van der Waals surface area contributed by atoms with Crippen molar-refractivity contribution in [2.24, 2.45) is 0 Å². The monoisotopic (exact) mass is 495 g/mol. The third kappa shape index (κ3) is 6.05. The number of likely N-dealkylation sites (tertiary alicyclic amines) is 1. The number of Topliss-reactive ketones (excluding diaryl/α,β-unsaturated/α-hetero) is 1. The van der Waals surface area contributed by atoms with Gasteiger partial charge in [-0.3, -0.25) is 14.6 Å². The average Bonchev–Trinajstić information content (AvgIpc) is 3.16. The van der Waals surface area contributed by atoms with Gasteiger partial charge < -0.3 is 24.4 Å². The molecule has 1 fully saturated rings. The van der Waals surface area contributed by atoms with Crippen LogP contribution in [0.4, 0.5) is 0 Å². The highest BCUT2D eigenvalue weighted by Gasteiger charge is 2.46. The average molecular weight is 496 g/mol. The Morgan fingerprint density at radius 3 is 2.42 bits per heavy atom. The van der Waals surface area contributed by atoms with Crippen LogP contribution in [0.5, 0.6) is 11.5 Å². The predicted octanol–water partition coefficient (Wildman–Crippen LogP) is 4.42. The van der Waals surface area contributed by atoms with Gasteiger partial charge in [-0.25, -0.2) is 0 Å². The standard InChI is InChI=1S/C28H37N3O5/c1-5-8-9-18-36-22-11-10-21(19-23(22)35-4)25-24(26(32)20-12-14-29-15-13-20)27(33)28(34)31(25)17-16-30(6-2)7-3/h10-15,19,25,32H,5-9,16-18H2,1-4H3. The summed E-state index contributed by atoms with van der Waals surface area (Å²) >= 11 is 0. The molecule has 0 saturated carbocycles. The Hall–Kier alpha value is -3.39. The summed E-state index contributed by atoms with van der Waals surface area (Å²) in [5.41, 5.74) is 1.16. The largest absolute Gasteiger partial charge is 0.507 e. The second kappa shape index (κ2) is 13.1. The zero-order valence-corrected chi connectivity index (χ0v) is 21.7. The van der Waals surface area contributed by atoms with Gasteiger partial charge in [0.1, 0.15) is 5.76 Å². The minimum atomic E-state index is -0.753. The van der Waals surface area contributed by atoms with Crippen LogP contribution >= 0.6 is 0 Å². The first kappa shape index (κ1) is 27.2. The van der Waals surface area contributed by atoms with Crippen molar-refractivity contribution in [3.63, 3.8) is 0 Å². The lowest BCUT2D eigenvalue weighted by molar-refractivity contribution is -0.140. The van der Waals surface area contributed by atoms with Gasteiger partial charge in [-0.15, -0.1) is 0 Å². The van der Waals surface area contributed by atoms with Crippen molar-refractivity contribution in [1.82, 2.24) is 14.8 Å². The van der Waals surface area contributed by atoms with Gasteiger partial charge in [-0.05, 0) is 49.3 Å². The number of ether oxygens (including phenoxy) is 2. The molecule has 1 amide bonds. The molecule has 0 spiro atoms. The van der Waals surface area contributed by atoms with Crippen LogP contribution in [0, 0.1) is 0 Å². The highest BCUT2D eigenvalue weighted by molar-refractivity contribution is 6.46. The first-order valence-electron chi connectivity index (χ1n) is 12.7. The van der Waals surface area contributed by atoms with Gasteiger partial charge in [-0.2, -0.15) is 0 Å².